The van der Waals surface area contributed by atoms with Gasteiger partial charge in [-0.3, -0.25) is 4.79 Å². The minimum absolute atomic E-state index is 0.00487. The van der Waals surface area contributed by atoms with E-state index in [1.807, 2.05) is 0 Å². The molecule has 2 nitrogen and oxygen atoms in total. The summed E-state index contributed by atoms with van der Waals surface area (Å²) < 4.78 is 4.76. The van der Waals surface area contributed by atoms with Crippen LogP contribution >= 0.6 is 0 Å². The van der Waals surface area contributed by atoms with Gasteiger partial charge in [0.2, 0.25) is 10.5 Å². The van der Waals surface area contributed by atoms with E-state index in [1.165, 1.54) is 77.0 Å². The minimum atomic E-state index is -0.00487. The average molecular weight is 287 g/mol. The standard InChI is InChI=1S/C16H34O2Si/c1-2-3-4-5-6-7-8-9-10-11-12-13-14-15-16(17)18-19/h2-15H2,1,19H3. The molecule has 3 heteroatoms. The molecule has 0 spiro atoms. The molecule has 0 N–H and O–H groups in total. The Labute approximate surface area is 123 Å². The van der Waals surface area contributed by atoms with Crippen molar-refractivity contribution >= 4 is 16.5 Å². The third-order valence-electron chi connectivity index (χ3n) is 3.71. The molecule has 0 amide bonds. The van der Waals surface area contributed by atoms with Crippen LogP contribution in [0.25, 0.3) is 0 Å². The normalized spacial score (nSPS) is 10.8. The minimum Gasteiger partial charge on any atom is -0.529 e. The van der Waals surface area contributed by atoms with E-state index >= 15 is 0 Å². The molecule has 0 aromatic heterocycles. The summed E-state index contributed by atoms with van der Waals surface area (Å²) in [6.45, 7) is 2.27. The number of hydrogen-bond donors (Lipinski definition) is 0. The van der Waals surface area contributed by atoms with Crippen molar-refractivity contribution in [3.8, 4) is 0 Å². The van der Waals surface area contributed by atoms with Crippen molar-refractivity contribution in [2.45, 2.75) is 96.8 Å². The van der Waals surface area contributed by atoms with Crippen LogP contribution in [-0.4, -0.2) is 16.5 Å². The highest BCUT2D eigenvalue weighted by molar-refractivity contribution is 6.05. The van der Waals surface area contributed by atoms with Crippen LogP contribution in [-0.2, 0) is 9.22 Å². The first-order chi connectivity index (χ1) is 9.31. The Hall–Kier alpha value is -0.313. The molecule has 0 aromatic carbocycles. The summed E-state index contributed by atoms with van der Waals surface area (Å²) in [5.41, 5.74) is 0. The van der Waals surface area contributed by atoms with E-state index in [1.54, 1.807) is 0 Å². The molecule has 0 aromatic rings. The van der Waals surface area contributed by atoms with Crippen LogP contribution in [0.4, 0.5) is 0 Å². The topological polar surface area (TPSA) is 26.3 Å². The summed E-state index contributed by atoms with van der Waals surface area (Å²) in [6, 6.07) is 0. The maximum atomic E-state index is 10.9. The molecule has 0 fully saturated rings. The number of carbonyl (C=O) groups is 1. The second kappa shape index (κ2) is 15.7. The lowest BCUT2D eigenvalue weighted by Gasteiger charge is -2.03. The number of carbonyl (C=O) groups excluding carboxylic acids is 1. The molecule has 0 aliphatic heterocycles. The first-order valence-electron chi connectivity index (χ1n) is 8.38. The Kier molecular flexibility index (Phi) is 15.5. The van der Waals surface area contributed by atoms with Gasteiger partial charge in [0, 0.05) is 6.42 Å². The third kappa shape index (κ3) is 15.6. The maximum Gasteiger partial charge on any atom is 0.291 e. The average Bonchev–Trinajstić information content (AvgIpc) is 2.43. The lowest BCUT2D eigenvalue weighted by molar-refractivity contribution is -0.134. The predicted octanol–water partition coefficient (Wildman–Crippen LogP) is 4.29. The molecule has 0 saturated carbocycles. The molecule has 0 heterocycles. The van der Waals surface area contributed by atoms with Crippen molar-refractivity contribution in [1.82, 2.24) is 0 Å². The van der Waals surface area contributed by atoms with E-state index in [-0.39, 0.29) is 5.97 Å². The van der Waals surface area contributed by atoms with Gasteiger partial charge < -0.3 is 4.43 Å². The van der Waals surface area contributed by atoms with Gasteiger partial charge >= 0.3 is 0 Å². The summed E-state index contributed by atoms with van der Waals surface area (Å²) in [7, 11) is 0.544. The van der Waals surface area contributed by atoms with E-state index in [4.69, 9.17) is 4.43 Å². The van der Waals surface area contributed by atoms with Crippen molar-refractivity contribution in [3.63, 3.8) is 0 Å². The number of hydrogen-bond acceptors (Lipinski definition) is 2. The van der Waals surface area contributed by atoms with Crippen molar-refractivity contribution in [2.75, 3.05) is 0 Å². The van der Waals surface area contributed by atoms with Crippen LogP contribution in [0.1, 0.15) is 96.8 Å². The van der Waals surface area contributed by atoms with Crippen molar-refractivity contribution in [1.29, 1.82) is 0 Å². The van der Waals surface area contributed by atoms with Gasteiger partial charge in [-0.05, 0) is 6.42 Å². The van der Waals surface area contributed by atoms with Gasteiger partial charge in [-0.25, -0.2) is 0 Å². The molecule has 0 aliphatic rings. The van der Waals surface area contributed by atoms with Gasteiger partial charge in [-0.2, -0.15) is 0 Å². The monoisotopic (exact) mass is 286 g/mol. The Bertz CT molecular complexity index is 195. The molecule has 114 valence electrons. The van der Waals surface area contributed by atoms with Gasteiger partial charge in [0.05, 0.1) is 0 Å². The molecule has 0 atom stereocenters. The van der Waals surface area contributed by atoms with Gasteiger partial charge in [0.25, 0.3) is 5.97 Å². The Balaban J connectivity index is 2.97. The van der Waals surface area contributed by atoms with Crippen molar-refractivity contribution in [3.05, 3.63) is 0 Å². The Morgan fingerprint density at radius 2 is 1.11 bits per heavy atom. The smallest absolute Gasteiger partial charge is 0.291 e. The summed E-state index contributed by atoms with van der Waals surface area (Å²) in [5, 5.41) is 0. The lowest BCUT2D eigenvalue weighted by atomic mass is 10.0. The summed E-state index contributed by atoms with van der Waals surface area (Å²) in [4.78, 5) is 10.9. The predicted molar refractivity (Wildman–Crippen MR) is 86.3 cm³/mol. The van der Waals surface area contributed by atoms with E-state index in [0.717, 1.165) is 6.42 Å². The SMILES string of the molecule is CCCCCCCCCCCCCCCC(=O)O[SiH3]. The largest absolute Gasteiger partial charge is 0.529 e. The molecule has 0 bridgehead atoms. The fourth-order valence-corrected chi connectivity index (χ4v) is 2.59. The van der Waals surface area contributed by atoms with E-state index in [2.05, 4.69) is 6.92 Å². The number of unbranched alkanes of at least 4 members (excludes halogenated alkanes) is 12. The molecule has 0 radical (unpaired) electrons. The molecule has 0 aliphatic carbocycles. The molecule has 0 unspecified atom stereocenters. The highest BCUT2D eigenvalue weighted by atomic mass is 28.2. The maximum absolute atomic E-state index is 10.9. The van der Waals surface area contributed by atoms with Crippen molar-refractivity contribution < 1.29 is 9.22 Å². The third-order valence-corrected chi connectivity index (χ3v) is 4.17. The van der Waals surface area contributed by atoms with E-state index < -0.39 is 0 Å². The van der Waals surface area contributed by atoms with Gasteiger partial charge in [-0.15, -0.1) is 0 Å². The van der Waals surface area contributed by atoms with Gasteiger partial charge in [0.1, 0.15) is 0 Å². The van der Waals surface area contributed by atoms with Crippen LogP contribution in [0.15, 0.2) is 0 Å². The molecule has 0 rings (SSSR count). The van der Waals surface area contributed by atoms with Crippen LogP contribution in [0.3, 0.4) is 0 Å². The molecular weight excluding hydrogens is 252 g/mol. The highest BCUT2D eigenvalue weighted by Gasteiger charge is 1.98. The fourth-order valence-electron chi connectivity index (χ4n) is 2.39. The van der Waals surface area contributed by atoms with Crippen LogP contribution in [0, 0.1) is 0 Å². The lowest BCUT2D eigenvalue weighted by Crippen LogP contribution is -2.00. The van der Waals surface area contributed by atoms with Crippen LogP contribution in [0.2, 0.25) is 0 Å². The summed E-state index contributed by atoms with van der Waals surface area (Å²) in [6.07, 6.45) is 18.1. The number of rotatable bonds is 14. The Morgan fingerprint density at radius 1 is 0.737 bits per heavy atom. The van der Waals surface area contributed by atoms with Gasteiger partial charge in [-0.1, -0.05) is 84.0 Å². The highest BCUT2D eigenvalue weighted by Crippen LogP contribution is 2.12. The zero-order valence-corrected chi connectivity index (χ0v) is 15.2. The second-order valence-corrected chi connectivity index (χ2v) is 5.98. The first-order valence-corrected chi connectivity index (χ1v) is 9.19. The molecular formula is C16H34O2Si. The molecule has 0 saturated heterocycles. The fraction of sp³-hybridized carbons (Fsp3) is 0.938. The summed E-state index contributed by atoms with van der Waals surface area (Å²) >= 11 is 0. The van der Waals surface area contributed by atoms with E-state index in [0.29, 0.717) is 16.9 Å². The van der Waals surface area contributed by atoms with Gasteiger partial charge in [0.15, 0.2) is 0 Å². The van der Waals surface area contributed by atoms with Crippen LogP contribution in [0.5, 0.6) is 0 Å². The van der Waals surface area contributed by atoms with Crippen LogP contribution < -0.4 is 0 Å². The summed E-state index contributed by atoms with van der Waals surface area (Å²) in [5.74, 6) is -0.00487. The Morgan fingerprint density at radius 3 is 1.47 bits per heavy atom. The van der Waals surface area contributed by atoms with Crippen molar-refractivity contribution in [2.24, 2.45) is 0 Å². The quantitative estimate of drug-likeness (QED) is 0.352. The zero-order chi connectivity index (χ0) is 14.2. The molecule has 19 heavy (non-hydrogen) atoms. The van der Waals surface area contributed by atoms with E-state index in [9.17, 15) is 4.79 Å². The first kappa shape index (κ1) is 18.7. The second-order valence-electron chi connectivity index (χ2n) is 5.57. The zero-order valence-electron chi connectivity index (χ0n) is 13.2.